The highest BCUT2D eigenvalue weighted by molar-refractivity contribution is 6.32. The molecule has 1 heterocycles. The van der Waals surface area contributed by atoms with Crippen LogP contribution in [-0.4, -0.2) is 18.0 Å². The molecule has 0 radical (unpaired) electrons. The molecule has 5 nitrogen and oxygen atoms in total. The van der Waals surface area contributed by atoms with Crippen molar-refractivity contribution in [3.63, 3.8) is 0 Å². The van der Waals surface area contributed by atoms with Crippen LogP contribution in [0.2, 0.25) is 5.02 Å². The molecule has 2 aromatic carbocycles. The number of methoxy groups -OCH3 is 1. The highest BCUT2D eigenvalue weighted by Crippen LogP contribution is 2.28. The number of hydrogen-bond donors (Lipinski definition) is 2. The van der Waals surface area contributed by atoms with E-state index in [1.807, 2.05) is 0 Å². The van der Waals surface area contributed by atoms with Crippen LogP contribution < -0.4 is 15.4 Å². The quantitative estimate of drug-likeness (QED) is 0.643. The number of carbonyl (C=O) groups excluding carboxylic acids is 1. The van der Waals surface area contributed by atoms with Gasteiger partial charge in [0, 0.05) is 5.69 Å². The molecule has 0 bridgehead atoms. The van der Waals surface area contributed by atoms with Gasteiger partial charge in [-0.15, -0.1) is 0 Å². The van der Waals surface area contributed by atoms with Gasteiger partial charge in [0.15, 0.2) is 0 Å². The van der Waals surface area contributed by atoms with E-state index in [4.69, 9.17) is 16.3 Å². The molecule has 138 valence electrons. The minimum absolute atomic E-state index is 0.0102. The van der Waals surface area contributed by atoms with Gasteiger partial charge in [-0.2, -0.15) is 0 Å². The second-order valence-electron chi connectivity index (χ2n) is 5.46. The van der Waals surface area contributed by atoms with Crippen LogP contribution in [-0.2, 0) is 0 Å². The number of carbonyl (C=O) groups is 1. The Morgan fingerprint density at radius 3 is 2.37 bits per heavy atom. The summed E-state index contributed by atoms with van der Waals surface area (Å²) in [5.74, 6) is -1.90. The second-order valence-corrected chi connectivity index (χ2v) is 5.86. The summed E-state index contributed by atoms with van der Waals surface area (Å²) in [6, 6.07) is 11.5. The van der Waals surface area contributed by atoms with Crippen LogP contribution in [0, 0.1) is 11.6 Å². The van der Waals surface area contributed by atoms with E-state index in [9.17, 15) is 13.6 Å². The Morgan fingerprint density at radius 1 is 1.07 bits per heavy atom. The number of nitrogens with one attached hydrogen (secondary N) is 2. The predicted octanol–water partition coefficient (Wildman–Crippen LogP) is 5.02. The molecule has 1 amide bonds. The number of ether oxygens (including phenoxy) is 1. The molecule has 0 saturated carbocycles. The van der Waals surface area contributed by atoms with E-state index in [0.717, 1.165) is 12.1 Å². The molecule has 8 heteroatoms. The molecule has 0 unspecified atom stereocenters. The van der Waals surface area contributed by atoms with E-state index >= 15 is 0 Å². The summed E-state index contributed by atoms with van der Waals surface area (Å²) in [4.78, 5) is 16.2. The number of para-hydroxylation sites is 1. The minimum Gasteiger partial charge on any atom is -0.495 e. The number of nitrogens with zero attached hydrogens (tertiary/aromatic N) is 1. The molecule has 3 aromatic rings. The molecule has 0 aliphatic rings. The maximum absolute atomic E-state index is 13.6. The number of halogens is 3. The molecule has 0 saturated heterocycles. The third-order valence-electron chi connectivity index (χ3n) is 3.64. The number of pyridine rings is 1. The predicted molar refractivity (Wildman–Crippen MR) is 99.8 cm³/mol. The summed E-state index contributed by atoms with van der Waals surface area (Å²) in [6.07, 6.45) is 1.42. The monoisotopic (exact) mass is 389 g/mol. The van der Waals surface area contributed by atoms with E-state index in [1.54, 1.807) is 24.3 Å². The first kappa shape index (κ1) is 18.6. The lowest BCUT2D eigenvalue weighted by atomic mass is 10.2. The fourth-order valence-electron chi connectivity index (χ4n) is 2.31. The summed E-state index contributed by atoms with van der Waals surface area (Å²) in [5, 5.41) is 5.70. The van der Waals surface area contributed by atoms with Crippen molar-refractivity contribution in [1.29, 1.82) is 0 Å². The topological polar surface area (TPSA) is 63.2 Å². The van der Waals surface area contributed by atoms with Crippen LogP contribution in [0.3, 0.4) is 0 Å². The van der Waals surface area contributed by atoms with Crippen molar-refractivity contribution in [2.24, 2.45) is 0 Å². The normalized spacial score (nSPS) is 10.4. The van der Waals surface area contributed by atoms with Crippen molar-refractivity contribution in [3.05, 3.63) is 77.1 Å². The minimum atomic E-state index is -0.863. The number of anilines is 3. The fourth-order valence-corrected chi connectivity index (χ4v) is 2.57. The van der Waals surface area contributed by atoms with Gasteiger partial charge in [0.05, 0.1) is 24.0 Å². The first-order valence-corrected chi connectivity index (χ1v) is 8.17. The maximum Gasteiger partial charge on any atom is 0.274 e. The number of hydrogen-bond acceptors (Lipinski definition) is 4. The molecule has 0 atom stereocenters. The van der Waals surface area contributed by atoms with Crippen molar-refractivity contribution >= 4 is 34.6 Å². The molecular weight excluding hydrogens is 376 g/mol. The summed E-state index contributed by atoms with van der Waals surface area (Å²) in [6.45, 7) is 0. The lowest BCUT2D eigenvalue weighted by Crippen LogP contribution is -2.15. The number of benzene rings is 2. The third kappa shape index (κ3) is 4.32. The van der Waals surface area contributed by atoms with Gasteiger partial charge in [-0.05, 0) is 42.5 Å². The van der Waals surface area contributed by atoms with E-state index < -0.39 is 23.2 Å². The van der Waals surface area contributed by atoms with E-state index in [2.05, 4.69) is 15.6 Å². The van der Waals surface area contributed by atoms with E-state index in [-0.39, 0.29) is 5.69 Å². The Labute approximate surface area is 159 Å². The van der Waals surface area contributed by atoms with Gasteiger partial charge in [0.25, 0.3) is 5.91 Å². The Bertz CT molecular complexity index is 961. The Morgan fingerprint density at radius 2 is 1.78 bits per heavy atom. The average Bonchev–Trinajstić information content (AvgIpc) is 2.65. The first-order valence-electron chi connectivity index (χ1n) is 7.80. The molecule has 1 aromatic heterocycles. The van der Waals surface area contributed by atoms with Crippen molar-refractivity contribution in [1.82, 2.24) is 4.98 Å². The van der Waals surface area contributed by atoms with Crippen LogP contribution in [0.5, 0.6) is 5.75 Å². The molecular formula is C19H14ClF2N3O2. The van der Waals surface area contributed by atoms with Gasteiger partial charge in [-0.1, -0.05) is 17.7 Å². The number of amides is 1. The largest absolute Gasteiger partial charge is 0.495 e. The van der Waals surface area contributed by atoms with Crippen molar-refractivity contribution in [2.75, 3.05) is 17.7 Å². The van der Waals surface area contributed by atoms with Gasteiger partial charge >= 0.3 is 0 Å². The molecule has 0 aliphatic carbocycles. The maximum atomic E-state index is 13.6. The SMILES string of the molecule is COc1ccc(Nc2ccc(C(=O)Nc3c(F)cccc3F)nc2)cc1Cl. The first-order chi connectivity index (χ1) is 13.0. The number of rotatable bonds is 5. The Balaban J connectivity index is 1.71. The van der Waals surface area contributed by atoms with Gasteiger partial charge in [0.1, 0.15) is 28.8 Å². The van der Waals surface area contributed by atoms with Gasteiger partial charge in [-0.25, -0.2) is 13.8 Å². The molecule has 27 heavy (non-hydrogen) atoms. The van der Waals surface area contributed by atoms with Crippen molar-refractivity contribution in [3.8, 4) is 5.75 Å². The van der Waals surface area contributed by atoms with Crippen molar-refractivity contribution < 1.29 is 18.3 Å². The fraction of sp³-hybridized carbons (Fsp3) is 0.0526. The van der Waals surface area contributed by atoms with Crippen LogP contribution in [0.25, 0.3) is 0 Å². The Kier molecular flexibility index (Phi) is 5.52. The zero-order valence-corrected chi connectivity index (χ0v) is 14.8. The molecule has 0 aliphatic heterocycles. The van der Waals surface area contributed by atoms with Crippen LogP contribution in [0.1, 0.15) is 10.5 Å². The van der Waals surface area contributed by atoms with E-state index in [0.29, 0.717) is 22.1 Å². The summed E-state index contributed by atoms with van der Waals surface area (Å²) in [7, 11) is 1.52. The van der Waals surface area contributed by atoms with Gasteiger partial charge in [0.2, 0.25) is 0 Å². The molecule has 0 spiro atoms. The molecule has 3 rings (SSSR count). The zero-order valence-electron chi connectivity index (χ0n) is 14.1. The Hall–Kier alpha value is -3.19. The summed E-state index contributed by atoms with van der Waals surface area (Å²) >= 11 is 6.07. The third-order valence-corrected chi connectivity index (χ3v) is 3.93. The van der Waals surface area contributed by atoms with Crippen molar-refractivity contribution in [2.45, 2.75) is 0 Å². The van der Waals surface area contributed by atoms with Crippen LogP contribution in [0.15, 0.2) is 54.7 Å². The average molecular weight is 390 g/mol. The smallest absolute Gasteiger partial charge is 0.274 e. The number of aromatic nitrogens is 1. The lowest BCUT2D eigenvalue weighted by Gasteiger charge is -2.10. The van der Waals surface area contributed by atoms with Crippen LogP contribution in [0.4, 0.5) is 25.8 Å². The standard InChI is InChI=1S/C19H14ClF2N3O2/c1-27-17-8-6-11(9-13(17)20)24-12-5-7-16(23-10-12)19(26)25-18-14(21)3-2-4-15(18)22/h2-10,24H,1H3,(H,25,26). The highest BCUT2D eigenvalue weighted by Gasteiger charge is 2.14. The molecule has 0 fully saturated rings. The highest BCUT2D eigenvalue weighted by atomic mass is 35.5. The van der Waals surface area contributed by atoms with Crippen LogP contribution >= 0.6 is 11.6 Å². The molecule has 2 N–H and O–H groups in total. The lowest BCUT2D eigenvalue weighted by molar-refractivity contribution is 0.102. The van der Waals surface area contributed by atoms with Gasteiger partial charge in [-0.3, -0.25) is 4.79 Å². The summed E-state index contributed by atoms with van der Waals surface area (Å²) in [5.41, 5.74) is 0.799. The zero-order chi connectivity index (χ0) is 19.4. The van der Waals surface area contributed by atoms with Gasteiger partial charge < -0.3 is 15.4 Å². The van der Waals surface area contributed by atoms with E-state index in [1.165, 1.54) is 25.4 Å². The summed E-state index contributed by atoms with van der Waals surface area (Å²) < 4.78 is 32.3. The second kappa shape index (κ2) is 8.01.